The molecule has 1 aliphatic carbocycles. The lowest BCUT2D eigenvalue weighted by atomic mass is 9.93. The maximum atomic E-state index is 14.9. The molecule has 216 valence electrons. The third kappa shape index (κ3) is 4.74. The van der Waals surface area contributed by atoms with Gasteiger partial charge in [0, 0.05) is 23.1 Å². The van der Waals surface area contributed by atoms with E-state index in [2.05, 4.69) is 10.1 Å². The molecule has 7 rings (SSSR count). The molecule has 13 heteroatoms. The number of aromatic nitrogens is 4. The summed E-state index contributed by atoms with van der Waals surface area (Å²) in [5.74, 6) is -1.74. The molecule has 2 N–H and O–H groups in total. The van der Waals surface area contributed by atoms with E-state index in [0.717, 1.165) is 17.7 Å². The topological polar surface area (TPSA) is 125 Å². The summed E-state index contributed by atoms with van der Waals surface area (Å²) in [5, 5.41) is 5.49. The molecular formula is C29H25ClF2N6O4. The summed E-state index contributed by atoms with van der Waals surface area (Å²) in [7, 11) is 0. The van der Waals surface area contributed by atoms with Crippen molar-refractivity contribution in [2.24, 2.45) is 17.6 Å². The number of carbonyl (C=O) groups is 2. The highest BCUT2D eigenvalue weighted by Crippen LogP contribution is 2.45. The van der Waals surface area contributed by atoms with Gasteiger partial charge < -0.3 is 15.2 Å². The van der Waals surface area contributed by atoms with E-state index in [-0.39, 0.29) is 23.5 Å². The van der Waals surface area contributed by atoms with E-state index in [1.807, 2.05) is 0 Å². The lowest BCUT2D eigenvalue weighted by Gasteiger charge is -2.33. The van der Waals surface area contributed by atoms with E-state index in [1.165, 1.54) is 18.3 Å². The van der Waals surface area contributed by atoms with Gasteiger partial charge in [-0.05, 0) is 55.0 Å². The molecular weight excluding hydrogens is 570 g/mol. The number of rotatable bonds is 8. The first-order valence-electron chi connectivity index (χ1n) is 13.6. The van der Waals surface area contributed by atoms with Crippen molar-refractivity contribution in [3.8, 4) is 16.9 Å². The Labute approximate surface area is 243 Å². The van der Waals surface area contributed by atoms with Gasteiger partial charge in [-0.25, -0.2) is 9.67 Å². The molecule has 0 spiro atoms. The molecule has 5 heterocycles. The number of anilines is 1. The first-order valence-corrected chi connectivity index (χ1v) is 14.0. The maximum Gasteiger partial charge on any atom is 0.482 e. The molecule has 2 amide bonds. The van der Waals surface area contributed by atoms with Gasteiger partial charge in [0.05, 0.1) is 60.2 Å². The molecule has 3 aromatic heterocycles. The van der Waals surface area contributed by atoms with Crippen molar-refractivity contribution < 1.29 is 27.8 Å². The van der Waals surface area contributed by atoms with Crippen LogP contribution in [0.4, 0.5) is 14.5 Å². The van der Waals surface area contributed by atoms with Crippen LogP contribution in [0.25, 0.3) is 22.2 Å². The van der Waals surface area contributed by atoms with E-state index in [0.29, 0.717) is 76.6 Å². The Kier molecular flexibility index (Phi) is 6.35. The smallest absolute Gasteiger partial charge is 0.423 e. The van der Waals surface area contributed by atoms with Crippen LogP contribution in [0.1, 0.15) is 34.6 Å². The second-order valence-corrected chi connectivity index (χ2v) is 11.4. The highest BCUT2D eigenvalue weighted by molar-refractivity contribution is 6.30. The van der Waals surface area contributed by atoms with E-state index < -0.39 is 17.9 Å². The monoisotopic (exact) mass is 594 g/mol. The largest absolute Gasteiger partial charge is 0.482 e. The minimum Gasteiger partial charge on any atom is -0.423 e. The van der Waals surface area contributed by atoms with Crippen molar-refractivity contribution in [2.45, 2.75) is 38.5 Å². The minimum atomic E-state index is -4.12. The Balaban J connectivity index is 1.37. The highest BCUT2D eigenvalue weighted by atomic mass is 35.5. The van der Waals surface area contributed by atoms with Crippen molar-refractivity contribution in [3.05, 3.63) is 64.7 Å². The lowest BCUT2D eigenvalue weighted by Crippen LogP contribution is -2.50. The number of ether oxygens (including phenoxy) is 2. The summed E-state index contributed by atoms with van der Waals surface area (Å²) in [4.78, 5) is 35.6. The summed E-state index contributed by atoms with van der Waals surface area (Å²) in [6.07, 6.45) is 1.49. The number of nitrogens with two attached hydrogens (primary N) is 1. The van der Waals surface area contributed by atoms with E-state index in [4.69, 9.17) is 31.8 Å². The van der Waals surface area contributed by atoms with Crippen LogP contribution in [0.5, 0.6) is 5.75 Å². The number of amides is 2. The van der Waals surface area contributed by atoms with Crippen LogP contribution < -0.4 is 15.4 Å². The van der Waals surface area contributed by atoms with Crippen LogP contribution in [0.15, 0.2) is 42.7 Å². The van der Waals surface area contributed by atoms with Crippen LogP contribution in [-0.2, 0) is 29.0 Å². The van der Waals surface area contributed by atoms with Crippen LogP contribution in [-0.4, -0.2) is 50.9 Å². The number of hydrogen-bond acceptors (Lipinski definition) is 7. The van der Waals surface area contributed by atoms with Gasteiger partial charge in [-0.15, -0.1) is 0 Å². The highest BCUT2D eigenvalue weighted by Gasteiger charge is 2.50. The van der Waals surface area contributed by atoms with Crippen molar-refractivity contribution in [1.82, 2.24) is 19.7 Å². The fraction of sp³-hybridized carbons (Fsp3) is 0.345. The predicted octanol–water partition coefficient (Wildman–Crippen LogP) is 4.36. The Morgan fingerprint density at radius 1 is 1.14 bits per heavy atom. The number of primary amides is 1. The standard InChI is InChI=1S/C29H25ClF2N6O4/c30-18-4-5-19(34-9-18)12-37-22-6-3-17(8-23(22)42-29(31,32)28(37)40)24-20-10-35-38(11-16-13-41-14-16)27(20)36-21(7-15-1-2-15)25(24)26(33)39/h3-6,8-10,15-16H,1-2,7,11-14H2,(H2,33,39). The van der Waals surface area contributed by atoms with Crippen LogP contribution in [0.3, 0.4) is 0 Å². The predicted molar refractivity (Wildman–Crippen MR) is 148 cm³/mol. The molecule has 1 saturated heterocycles. The minimum absolute atomic E-state index is 0.135. The average Bonchev–Trinajstić information content (AvgIpc) is 3.66. The number of nitrogens with zero attached hydrogens (tertiary/aromatic N) is 5. The van der Waals surface area contributed by atoms with Gasteiger partial charge in [-0.2, -0.15) is 13.9 Å². The Hall–Kier alpha value is -4.16. The normalized spacial score (nSPS) is 18.1. The lowest BCUT2D eigenvalue weighted by molar-refractivity contribution is -0.193. The second kappa shape index (κ2) is 9.99. The molecule has 1 aromatic carbocycles. The molecule has 0 atom stereocenters. The van der Waals surface area contributed by atoms with Crippen molar-refractivity contribution in [1.29, 1.82) is 0 Å². The number of carbonyl (C=O) groups excluding carboxylic acids is 2. The fourth-order valence-corrected chi connectivity index (χ4v) is 5.57. The summed E-state index contributed by atoms with van der Waals surface area (Å²) in [6.45, 7) is 1.61. The van der Waals surface area contributed by atoms with Crippen molar-refractivity contribution in [2.75, 3.05) is 18.1 Å². The Morgan fingerprint density at radius 3 is 2.62 bits per heavy atom. The van der Waals surface area contributed by atoms with E-state index in [1.54, 1.807) is 29.1 Å². The number of pyridine rings is 2. The van der Waals surface area contributed by atoms with E-state index >= 15 is 0 Å². The molecule has 2 fully saturated rings. The number of fused-ring (bicyclic) bond motifs is 2. The quantitative estimate of drug-likeness (QED) is 0.321. The van der Waals surface area contributed by atoms with Gasteiger partial charge in [-0.1, -0.05) is 17.7 Å². The van der Waals surface area contributed by atoms with E-state index in [9.17, 15) is 18.4 Å². The van der Waals surface area contributed by atoms with Gasteiger partial charge >= 0.3 is 12.0 Å². The average molecular weight is 595 g/mol. The maximum absolute atomic E-state index is 14.9. The molecule has 4 aromatic rings. The van der Waals surface area contributed by atoms with Crippen LogP contribution in [0.2, 0.25) is 5.02 Å². The zero-order valence-corrected chi connectivity index (χ0v) is 23.0. The molecule has 1 saturated carbocycles. The second-order valence-electron chi connectivity index (χ2n) is 10.9. The van der Waals surface area contributed by atoms with Crippen molar-refractivity contribution in [3.63, 3.8) is 0 Å². The first-order chi connectivity index (χ1) is 20.2. The number of hydrogen-bond donors (Lipinski definition) is 1. The molecule has 0 unspecified atom stereocenters. The number of halogens is 3. The fourth-order valence-electron chi connectivity index (χ4n) is 5.45. The Bertz CT molecular complexity index is 1740. The van der Waals surface area contributed by atoms with Gasteiger partial charge in [0.2, 0.25) is 0 Å². The third-order valence-corrected chi connectivity index (χ3v) is 8.03. The molecule has 0 radical (unpaired) electrons. The zero-order valence-electron chi connectivity index (χ0n) is 22.2. The van der Waals surface area contributed by atoms with Gasteiger partial charge in [0.25, 0.3) is 5.91 Å². The van der Waals surface area contributed by atoms with Gasteiger partial charge in [-0.3, -0.25) is 19.5 Å². The Morgan fingerprint density at radius 2 is 1.95 bits per heavy atom. The molecule has 10 nitrogen and oxygen atoms in total. The summed E-state index contributed by atoms with van der Waals surface area (Å²) < 4.78 is 41.9. The molecule has 2 aliphatic heterocycles. The SMILES string of the molecule is NC(=O)c1c(CC2CC2)nc2c(cnn2CC2COC2)c1-c1ccc2c(c1)OC(F)(F)C(=O)N2Cc1ccc(Cl)cn1. The first kappa shape index (κ1) is 26.7. The van der Waals surface area contributed by atoms with Gasteiger partial charge in [0.1, 0.15) is 0 Å². The van der Waals surface area contributed by atoms with Crippen molar-refractivity contribution >= 4 is 40.1 Å². The van der Waals surface area contributed by atoms with Crippen LogP contribution in [0, 0.1) is 11.8 Å². The number of alkyl halides is 2. The van der Waals surface area contributed by atoms with Crippen LogP contribution >= 0.6 is 11.6 Å². The van der Waals surface area contributed by atoms with Gasteiger partial charge in [0.15, 0.2) is 11.4 Å². The third-order valence-electron chi connectivity index (χ3n) is 7.80. The zero-order chi connectivity index (χ0) is 29.2. The summed E-state index contributed by atoms with van der Waals surface area (Å²) in [6, 6.07) is 7.69. The molecule has 0 bridgehead atoms. The molecule has 42 heavy (non-hydrogen) atoms. The summed E-state index contributed by atoms with van der Waals surface area (Å²) >= 11 is 5.91. The summed E-state index contributed by atoms with van der Waals surface area (Å²) in [5.41, 5.74) is 8.63. The number of benzene rings is 1. The molecule has 3 aliphatic rings.